The van der Waals surface area contributed by atoms with Gasteiger partial charge in [0.1, 0.15) is 0 Å². The molecule has 0 N–H and O–H groups in total. The van der Waals surface area contributed by atoms with Gasteiger partial charge in [0.2, 0.25) is 5.82 Å². The molecule has 0 aliphatic rings. The molecule has 0 aliphatic heterocycles. The summed E-state index contributed by atoms with van der Waals surface area (Å²) in [4.78, 5) is 1.45. The first-order chi connectivity index (χ1) is 9.79. The van der Waals surface area contributed by atoms with Crippen LogP contribution in [-0.4, -0.2) is 20.2 Å². The average molecular weight is 305 g/mol. The Morgan fingerprint density at radius 1 is 1.00 bits per heavy atom. The highest BCUT2D eigenvalue weighted by Gasteiger charge is 2.12. The Morgan fingerprint density at radius 2 is 1.80 bits per heavy atom. The van der Waals surface area contributed by atoms with Crippen LogP contribution in [0.4, 0.5) is 0 Å². The van der Waals surface area contributed by atoms with Crippen LogP contribution in [0.3, 0.4) is 0 Å². The van der Waals surface area contributed by atoms with E-state index in [1.54, 1.807) is 6.07 Å². The summed E-state index contributed by atoms with van der Waals surface area (Å²) in [6.45, 7) is 0. The third-order valence-corrected chi connectivity index (χ3v) is 3.51. The standard InChI is InChI=1S/C14H10Cl2N4/c15-9-11-12(16)7-4-8-13(11)20-18-14(17-19-20)10-5-2-1-3-6-10/h1-8H,9H2. The van der Waals surface area contributed by atoms with Crippen LogP contribution in [-0.2, 0) is 5.88 Å². The number of benzene rings is 2. The number of halogens is 2. The van der Waals surface area contributed by atoms with E-state index in [0.29, 0.717) is 10.8 Å². The molecule has 0 radical (unpaired) electrons. The Labute approximate surface area is 126 Å². The summed E-state index contributed by atoms with van der Waals surface area (Å²) in [7, 11) is 0. The lowest BCUT2D eigenvalue weighted by atomic mass is 10.2. The number of tetrazole rings is 1. The van der Waals surface area contributed by atoms with E-state index in [0.717, 1.165) is 16.8 Å². The molecule has 3 aromatic rings. The van der Waals surface area contributed by atoms with Gasteiger partial charge in [-0.1, -0.05) is 48.0 Å². The minimum atomic E-state index is 0.289. The average Bonchev–Trinajstić information content (AvgIpc) is 2.97. The Kier molecular flexibility index (Phi) is 3.67. The number of nitrogens with zero attached hydrogens (tertiary/aromatic N) is 4. The molecular formula is C14H10Cl2N4. The topological polar surface area (TPSA) is 43.6 Å². The molecule has 0 atom stereocenters. The highest BCUT2D eigenvalue weighted by Crippen LogP contribution is 2.24. The van der Waals surface area contributed by atoms with Crippen molar-refractivity contribution in [1.29, 1.82) is 0 Å². The van der Waals surface area contributed by atoms with E-state index in [1.165, 1.54) is 4.80 Å². The van der Waals surface area contributed by atoms with Crippen molar-refractivity contribution in [3.05, 3.63) is 59.1 Å². The molecule has 0 spiro atoms. The summed E-state index contributed by atoms with van der Waals surface area (Å²) in [5, 5.41) is 13.1. The van der Waals surface area contributed by atoms with Gasteiger partial charge in [0, 0.05) is 16.1 Å². The number of rotatable bonds is 3. The van der Waals surface area contributed by atoms with Crippen molar-refractivity contribution >= 4 is 23.2 Å². The van der Waals surface area contributed by atoms with Gasteiger partial charge in [-0.05, 0) is 17.3 Å². The summed E-state index contributed by atoms with van der Waals surface area (Å²) in [6, 6.07) is 15.1. The fourth-order valence-electron chi connectivity index (χ4n) is 1.89. The Hall–Kier alpha value is -1.91. The van der Waals surface area contributed by atoms with Gasteiger partial charge in [-0.2, -0.15) is 0 Å². The maximum atomic E-state index is 6.13. The highest BCUT2D eigenvalue weighted by molar-refractivity contribution is 6.32. The number of alkyl halides is 1. The highest BCUT2D eigenvalue weighted by atomic mass is 35.5. The lowest BCUT2D eigenvalue weighted by Crippen LogP contribution is -2.03. The van der Waals surface area contributed by atoms with E-state index in [4.69, 9.17) is 23.2 Å². The minimum Gasteiger partial charge on any atom is -0.130 e. The maximum Gasteiger partial charge on any atom is 0.205 e. The molecule has 0 bridgehead atoms. The molecular weight excluding hydrogens is 295 g/mol. The molecule has 20 heavy (non-hydrogen) atoms. The predicted molar refractivity (Wildman–Crippen MR) is 79.2 cm³/mol. The quantitative estimate of drug-likeness (QED) is 0.693. The molecule has 0 unspecified atom stereocenters. The van der Waals surface area contributed by atoms with Gasteiger partial charge in [0.25, 0.3) is 0 Å². The minimum absolute atomic E-state index is 0.289. The molecule has 0 amide bonds. The molecule has 100 valence electrons. The fraction of sp³-hybridized carbons (Fsp3) is 0.0714. The third-order valence-electron chi connectivity index (χ3n) is 2.89. The van der Waals surface area contributed by atoms with E-state index in [1.807, 2.05) is 42.5 Å². The van der Waals surface area contributed by atoms with E-state index in [-0.39, 0.29) is 5.88 Å². The van der Waals surface area contributed by atoms with Crippen LogP contribution in [0.25, 0.3) is 17.1 Å². The second-order valence-corrected chi connectivity index (χ2v) is 4.81. The second kappa shape index (κ2) is 5.61. The molecule has 1 heterocycles. The van der Waals surface area contributed by atoms with Crippen molar-refractivity contribution in [2.45, 2.75) is 5.88 Å². The zero-order valence-corrected chi connectivity index (χ0v) is 11.9. The normalized spacial score (nSPS) is 10.7. The zero-order chi connectivity index (χ0) is 13.9. The molecule has 4 nitrogen and oxygen atoms in total. The number of hydrogen-bond donors (Lipinski definition) is 0. The zero-order valence-electron chi connectivity index (χ0n) is 10.4. The first kappa shape index (κ1) is 13.1. The van der Waals surface area contributed by atoms with E-state index < -0.39 is 0 Å². The maximum absolute atomic E-state index is 6.13. The van der Waals surface area contributed by atoms with Crippen molar-refractivity contribution in [1.82, 2.24) is 20.2 Å². The first-order valence-corrected chi connectivity index (χ1v) is 6.90. The van der Waals surface area contributed by atoms with Gasteiger partial charge < -0.3 is 0 Å². The molecule has 0 fully saturated rings. The lowest BCUT2D eigenvalue weighted by molar-refractivity contribution is 0.715. The molecule has 6 heteroatoms. The van der Waals surface area contributed by atoms with Crippen LogP contribution >= 0.6 is 23.2 Å². The van der Waals surface area contributed by atoms with Crippen molar-refractivity contribution < 1.29 is 0 Å². The van der Waals surface area contributed by atoms with E-state index in [2.05, 4.69) is 15.4 Å². The van der Waals surface area contributed by atoms with Gasteiger partial charge in [0.15, 0.2) is 0 Å². The van der Waals surface area contributed by atoms with E-state index in [9.17, 15) is 0 Å². The van der Waals surface area contributed by atoms with Gasteiger partial charge in [-0.3, -0.25) is 0 Å². The van der Waals surface area contributed by atoms with Crippen LogP contribution in [0.2, 0.25) is 5.02 Å². The third kappa shape index (κ3) is 2.40. The molecule has 2 aromatic carbocycles. The van der Waals surface area contributed by atoms with Crippen molar-refractivity contribution in [3.63, 3.8) is 0 Å². The Balaban J connectivity index is 2.05. The van der Waals surface area contributed by atoms with Crippen LogP contribution in [0.15, 0.2) is 48.5 Å². The van der Waals surface area contributed by atoms with Crippen LogP contribution in [0.5, 0.6) is 0 Å². The van der Waals surface area contributed by atoms with Gasteiger partial charge in [-0.25, -0.2) is 0 Å². The summed E-state index contributed by atoms with van der Waals surface area (Å²) >= 11 is 12.1. The van der Waals surface area contributed by atoms with Gasteiger partial charge in [0.05, 0.1) is 11.6 Å². The van der Waals surface area contributed by atoms with Gasteiger partial charge in [-0.15, -0.1) is 26.6 Å². The van der Waals surface area contributed by atoms with Gasteiger partial charge >= 0.3 is 0 Å². The number of aromatic nitrogens is 4. The molecule has 0 aliphatic carbocycles. The lowest BCUT2D eigenvalue weighted by Gasteiger charge is -2.06. The van der Waals surface area contributed by atoms with Crippen molar-refractivity contribution in [2.24, 2.45) is 0 Å². The van der Waals surface area contributed by atoms with Crippen LogP contribution in [0, 0.1) is 0 Å². The largest absolute Gasteiger partial charge is 0.205 e. The summed E-state index contributed by atoms with van der Waals surface area (Å²) in [5.41, 5.74) is 2.43. The smallest absolute Gasteiger partial charge is 0.130 e. The Morgan fingerprint density at radius 3 is 2.55 bits per heavy atom. The van der Waals surface area contributed by atoms with Crippen molar-refractivity contribution in [2.75, 3.05) is 0 Å². The van der Waals surface area contributed by atoms with E-state index >= 15 is 0 Å². The van der Waals surface area contributed by atoms with Crippen LogP contribution < -0.4 is 0 Å². The predicted octanol–water partition coefficient (Wildman–Crippen LogP) is 3.72. The molecule has 0 saturated heterocycles. The summed E-state index contributed by atoms with van der Waals surface area (Å²) in [5.74, 6) is 0.850. The summed E-state index contributed by atoms with van der Waals surface area (Å²) < 4.78 is 0. The Bertz CT molecular complexity index is 725. The first-order valence-electron chi connectivity index (χ1n) is 5.99. The monoisotopic (exact) mass is 304 g/mol. The second-order valence-electron chi connectivity index (χ2n) is 4.14. The fourth-order valence-corrected chi connectivity index (χ4v) is 2.47. The van der Waals surface area contributed by atoms with Crippen LogP contribution in [0.1, 0.15) is 5.56 Å². The molecule has 1 aromatic heterocycles. The molecule has 0 saturated carbocycles. The summed E-state index contributed by atoms with van der Waals surface area (Å²) in [6.07, 6.45) is 0. The SMILES string of the molecule is ClCc1c(Cl)cccc1-n1nnc(-c2ccccc2)n1. The number of hydrogen-bond acceptors (Lipinski definition) is 3. The van der Waals surface area contributed by atoms with Crippen molar-refractivity contribution in [3.8, 4) is 17.1 Å². The molecule has 3 rings (SSSR count).